The molecule has 1 aliphatic rings. The van der Waals surface area contributed by atoms with Crippen molar-refractivity contribution in [2.75, 3.05) is 13.1 Å². The average Bonchev–Trinajstić information content (AvgIpc) is 2.63. The van der Waals surface area contributed by atoms with Gasteiger partial charge in [0, 0.05) is 24.7 Å². The molecule has 1 heterocycles. The van der Waals surface area contributed by atoms with Crippen LogP contribution in [0.5, 0.6) is 0 Å². The zero-order chi connectivity index (χ0) is 11.3. The number of hydrogen-bond donors (Lipinski definition) is 1. The van der Waals surface area contributed by atoms with Crippen molar-refractivity contribution in [2.24, 2.45) is 0 Å². The van der Waals surface area contributed by atoms with Crippen LogP contribution >= 0.6 is 0 Å². The van der Waals surface area contributed by atoms with E-state index in [2.05, 4.69) is 37.9 Å². The smallest absolute Gasteiger partial charge is 0.0209 e. The van der Waals surface area contributed by atoms with Crippen LogP contribution in [0, 0.1) is 0 Å². The molecule has 2 nitrogen and oxygen atoms in total. The molecule has 0 saturated carbocycles. The molecule has 0 aliphatic carbocycles. The molecule has 0 aromatic carbocycles. The van der Waals surface area contributed by atoms with E-state index in [0.717, 1.165) is 6.04 Å². The van der Waals surface area contributed by atoms with Gasteiger partial charge in [0.2, 0.25) is 0 Å². The Labute approximate surface area is 95.4 Å². The van der Waals surface area contributed by atoms with Crippen LogP contribution in [0.2, 0.25) is 0 Å². The lowest BCUT2D eigenvalue weighted by molar-refractivity contribution is 0.265. The maximum absolute atomic E-state index is 3.76. The lowest BCUT2D eigenvalue weighted by atomic mass is 10.1. The fourth-order valence-corrected chi connectivity index (χ4v) is 2.39. The zero-order valence-corrected chi connectivity index (χ0v) is 10.9. The second-order valence-corrected chi connectivity index (χ2v) is 5.28. The average molecular weight is 212 g/mol. The van der Waals surface area contributed by atoms with Gasteiger partial charge in [-0.1, -0.05) is 19.8 Å². The molecular formula is C13H28N2. The minimum Gasteiger partial charge on any atom is -0.310 e. The fraction of sp³-hybridized carbons (Fsp3) is 1.00. The lowest BCUT2D eigenvalue weighted by Crippen LogP contribution is -2.39. The van der Waals surface area contributed by atoms with E-state index in [1.807, 2.05) is 0 Å². The molecule has 0 spiro atoms. The Balaban J connectivity index is 2.17. The number of nitrogens with zero attached hydrogens (tertiary/aromatic N) is 1. The van der Waals surface area contributed by atoms with Crippen LogP contribution in [-0.4, -0.2) is 36.1 Å². The Kier molecular flexibility index (Phi) is 5.62. The Bertz CT molecular complexity index is 168. The number of rotatable bonds is 6. The highest BCUT2D eigenvalue weighted by molar-refractivity contribution is 4.84. The first-order valence-electron chi connectivity index (χ1n) is 6.63. The van der Waals surface area contributed by atoms with Crippen LogP contribution in [0.15, 0.2) is 0 Å². The number of likely N-dealkylation sites (tertiary alicyclic amines) is 1. The van der Waals surface area contributed by atoms with Gasteiger partial charge in [0.05, 0.1) is 0 Å². The van der Waals surface area contributed by atoms with E-state index < -0.39 is 0 Å². The Morgan fingerprint density at radius 2 is 2.07 bits per heavy atom. The first-order valence-corrected chi connectivity index (χ1v) is 6.63. The van der Waals surface area contributed by atoms with Crippen molar-refractivity contribution in [1.82, 2.24) is 10.2 Å². The molecule has 0 radical (unpaired) electrons. The molecule has 1 N–H and O–H groups in total. The number of nitrogens with one attached hydrogen (secondary N) is 1. The summed E-state index contributed by atoms with van der Waals surface area (Å²) in [5.41, 5.74) is 0. The minimum absolute atomic E-state index is 0.696. The van der Waals surface area contributed by atoms with Crippen LogP contribution in [0.25, 0.3) is 0 Å². The van der Waals surface area contributed by atoms with Crippen LogP contribution in [0.3, 0.4) is 0 Å². The van der Waals surface area contributed by atoms with Gasteiger partial charge in [0.1, 0.15) is 0 Å². The fourth-order valence-electron chi connectivity index (χ4n) is 2.39. The number of unbranched alkanes of at least 4 members (excludes halogenated alkanes) is 1. The van der Waals surface area contributed by atoms with Gasteiger partial charge in [-0.25, -0.2) is 0 Å². The first kappa shape index (κ1) is 13.0. The molecule has 0 bridgehead atoms. The zero-order valence-electron chi connectivity index (χ0n) is 10.9. The van der Waals surface area contributed by atoms with Crippen molar-refractivity contribution < 1.29 is 0 Å². The maximum Gasteiger partial charge on any atom is 0.0209 e. The van der Waals surface area contributed by atoms with Crippen molar-refractivity contribution in [3.05, 3.63) is 0 Å². The largest absolute Gasteiger partial charge is 0.310 e. The molecule has 1 saturated heterocycles. The van der Waals surface area contributed by atoms with Gasteiger partial charge < -0.3 is 5.32 Å². The summed E-state index contributed by atoms with van der Waals surface area (Å²) in [5, 5.41) is 3.76. The molecule has 0 aromatic heterocycles. The number of hydrogen-bond acceptors (Lipinski definition) is 2. The van der Waals surface area contributed by atoms with Gasteiger partial charge in [-0.3, -0.25) is 4.90 Å². The van der Waals surface area contributed by atoms with Crippen LogP contribution in [0.4, 0.5) is 0 Å². The summed E-state index contributed by atoms with van der Waals surface area (Å²) in [6.45, 7) is 11.7. The van der Waals surface area contributed by atoms with E-state index >= 15 is 0 Å². The third-order valence-corrected chi connectivity index (χ3v) is 3.46. The highest BCUT2D eigenvalue weighted by atomic mass is 15.2. The maximum atomic E-state index is 3.76. The summed E-state index contributed by atoms with van der Waals surface area (Å²) in [4.78, 5) is 2.57. The molecule has 15 heavy (non-hydrogen) atoms. The van der Waals surface area contributed by atoms with Gasteiger partial charge in [0.15, 0.2) is 0 Å². The summed E-state index contributed by atoms with van der Waals surface area (Å²) in [5.74, 6) is 0. The second kappa shape index (κ2) is 6.49. The van der Waals surface area contributed by atoms with Gasteiger partial charge in [0.25, 0.3) is 0 Å². The third kappa shape index (κ3) is 4.52. The standard InChI is InChI=1S/C13H28N2/c1-5-6-7-12(4)14-13-8-9-15(10-13)11(2)3/h11-14H,5-10H2,1-4H3. The van der Waals surface area contributed by atoms with E-state index in [1.54, 1.807) is 0 Å². The topological polar surface area (TPSA) is 15.3 Å². The minimum atomic E-state index is 0.696. The molecule has 90 valence electrons. The predicted molar refractivity (Wildman–Crippen MR) is 67.2 cm³/mol. The summed E-state index contributed by atoms with van der Waals surface area (Å²) >= 11 is 0. The van der Waals surface area contributed by atoms with Gasteiger partial charge in [-0.05, 0) is 40.2 Å². The van der Waals surface area contributed by atoms with E-state index in [-0.39, 0.29) is 0 Å². The van der Waals surface area contributed by atoms with E-state index in [9.17, 15) is 0 Å². The highest BCUT2D eigenvalue weighted by Gasteiger charge is 2.24. The van der Waals surface area contributed by atoms with E-state index in [4.69, 9.17) is 0 Å². The van der Waals surface area contributed by atoms with E-state index in [1.165, 1.54) is 38.8 Å². The molecule has 2 heteroatoms. The van der Waals surface area contributed by atoms with Gasteiger partial charge in [-0.2, -0.15) is 0 Å². The lowest BCUT2D eigenvalue weighted by Gasteiger charge is -2.22. The van der Waals surface area contributed by atoms with Crippen LogP contribution < -0.4 is 5.32 Å². The highest BCUT2D eigenvalue weighted by Crippen LogP contribution is 2.13. The summed E-state index contributed by atoms with van der Waals surface area (Å²) in [6.07, 6.45) is 5.33. The molecule has 2 unspecified atom stereocenters. The van der Waals surface area contributed by atoms with E-state index in [0.29, 0.717) is 12.1 Å². The van der Waals surface area contributed by atoms with Gasteiger partial charge in [-0.15, -0.1) is 0 Å². The van der Waals surface area contributed by atoms with Gasteiger partial charge >= 0.3 is 0 Å². The predicted octanol–water partition coefficient (Wildman–Crippen LogP) is 2.64. The molecular weight excluding hydrogens is 184 g/mol. The second-order valence-electron chi connectivity index (χ2n) is 5.28. The quantitative estimate of drug-likeness (QED) is 0.728. The SMILES string of the molecule is CCCCC(C)NC1CCN(C(C)C)C1. The van der Waals surface area contributed by atoms with Crippen molar-refractivity contribution in [2.45, 2.75) is 71.5 Å². The van der Waals surface area contributed by atoms with Crippen LogP contribution in [-0.2, 0) is 0 Å². The summed E-state index contributed by atoms with van der Waals surface area (Å²) in [7, 11) is 0. The molecule has 1 fully saturated rings. The van der Waals surface area contributed by atoms with Crippen molar-refractivity contribution >= 4 is 0 Å². The molecule has 1 aliphatic heterocycles. The molecule has 0 amide bonds. The Morgan fingerprint density at radius 3 is 2.60 bits per heavy atom. The Hall–Kier alpha value is -0.0800. The summed E-state index contributed by atoms with van der Waals surface area (Å²) < 4.78 is 0. The third-order valence-electron chi connectivity index (χ3n) is 3.46. The first-order chi connectivity index (χ1) is 7.13. The van der Waals surface area contributed by atoms with Crippen molar-refractivity contribution in [3.8, 4) is 0 Å². The molecule has 1 rings (SSSR count). The normalized spacial score (nSPS) is 25.0. The summed E-state index contributed by atoms with van der Waals surface area (Å²) in [6, 6.07) is 2.14. The molecule has 2 atom stereocenters. The van der Waals surface area contributed by atoms with Crippen molar-refractivity contribution in [1.29, 1.82) is 0 Å². The molecule has 0 aromatic rings. The van der Waals surface area contributed by atoms with Crippen molar-refractivity contribution in [3.63, 3.8) is 0 Å². The Morgan fingerprint density at radius 1 is 1.33 bits per heavy atom. The van der Waals surface area contributed by atoms with Crippen LogP contribution in [0.1, 0.15) is 53.4 Å². The monoisotopic (exact) mass is 212 g/mol.